The SMILES string of the molecule is Clc1ccc(CCCCCCCBr)c(Cl)c1. The molecule has 0 aliphatic carbocycles. The van der Waals surface area contributed by atoms with E-state index in [0.717, 1.165) is 16.8 Å². The van der Waals surface area contributed by atoms with E-state index in [-0.39, 0.29) is 0 Å². The average Bonchev–Trinajstić information content (AvgIpc) is 2.26. The Bertz CT molecular complexity index is 313. The van der Waals surface area contributed by atoms with Crippen LogP contribution in [0, 0.1) is 0 Å². The van der Waals surface area contributed by atoms with Crippen molar-refractivity contribution in [3.63, 3.8) is 0 Å². The van der Waals surface area contributed by atoms with E-state index in [1.165, 1.54) is 37.7 Å². The number of aryl methyl sites for hydroxylation is 1. The normalized spacial score (nSPS) is 10.7. The monoisotopic (exact) mass is 322 g/mol. The zero-order valence-corrected chi connectivity index (χ0v) is 12.4. The number of unbranched alkanes of at least 4 members (excludes halogenated alkanes) is 4. The number of benzene rings is 1. The third-order valence-electron chi connectivity index (χ3n) is 2.59. The second-order valence-electron chi connectivity index (χ2n) is 3.94. The van der Waals surface area contributed by atoms with Gasteiger partial charge in [0.2, 0.25) is 0 Å². The molecule has 16 heavy (non-hydrogen) atoms. The molecule has 0 unspecified atom stereocenters. The highest BCUT2D eigenvalue weighted by atomic mass is 79.9. The fraction of sp³-hybridized carbons (Fsp3) is 0.538. The third kappa shape index (κ3) is 5.56. The van der Waals surface area contributed by atoms with Crippen molar-refractivity contribution in [3.8, 4) is 0 Å². The molecule has 0 fully saturated rings. The Morgan fingerprint density at radius 1 is 0.938 bits per heavy atom. The molecule has 0 saturated carbocycles. The first-order valence-corrected chi connectivity index (χ1v) is 7.61. The maximum Gasteiger partial charge on any atom is 0.0452 e. The van der Waals surface area contributed by atoms with Crippen LogP contribution in [0.1, 0.15) is 37.7 Å². The van der Waals surface area contributed by atoms with Gasteiger partial charge in [0.25, 0.3) is 0 Å². The molecule has 0 aliphatic heterocycles. The molecule has 0 amide bonds. The van der Waals surface area contributed by atoms with E-state index in [1.807, 2.05) is 18.2 Å². The van der Waals surface area contributed by atoms with Gasteiger partial charge < -0.3 is 0 Å². The lowest BCUT2D eigenvalue weighted by Crippen LogP contribution is -1.88. The minimum atomic E-state index is 0.714. The zero-order chi connectivity index (χ0) is 11.8. The van der Waals surface area contributed by atoms with Crippen molar-refractivity contribution in [1.82, 2.24) is 0 Å². The average molecular weight is 324 g/mol. The van der Waals surface area contributed by atoms with Crippen LogP contribution in [0.5, 0.6) is 0 Å². The summed E-state index contributed by atoms with van der Waals surface area (Å²) < 4.78 is 0. The number of hydrogen-bond donors (Lipinski definition) is 0. The molecule has 0 nitrogen and oxygen atoms in total. The number of alkyl halides is 1. The summed E-state index contributed by atoms with van der Waals surface area (Å²) in [7, 11) is 0. The quantitative estimate of drug-likeness (QED) is 0.434. The Balaban J connectivity index is 2.21. The summed E-state index contributed by atoms with van der Waals surface area (Å²) in [5, 5.41) is 2.63. The lowest BCUT2D eigenvalue weighted by Gasteiger charge is -2.04. The topological polar surface area (TPSA) is 0 Å². The first-order valence-electron chi connectivity index (χ1n) is 5.74. The van der Waals surface area contributed by atoms with Gasteiger partial charge in [-0.3, -0.25) is 0 Å². The Hall–Kier alpha value is 0.280. The number of rotatable bonds is 7. The summed E-state index contributed by atoms with van der Waals surface area (Å²) in [4.78, 5) is 0. The molecule has 3 heteroatoms. The molecule has 1 rings (SSSR count). The summed E-state index contributed by atoms with van der Waals surface area (Å²) in [6.45, 7) is 0. The van der Waals surface area contributed by atoms with Gasteiger partial charge in [0, 0.05) is 15.4 Å². The molecule has 0 N–H and O–H groups in total. The molecule has 0 radical (unpaired) electrons. The van der Waals surface area contributed by atoms with Gasteiger partial charge in [-0.05, 0) is 37.0 Å². The Morgan fingerprint density at radius 2 is 1.62 bits per heavy atom. The molecule has 1 aromatic rings. The van der Waals surface area contributed by atoms with Crippen LogP contribution in [0.3, 0.4) is 0 Å². The summed E-state index contributed by atoms with van der Waals surface area (Å²) in [6, 6.07) is 5.76. The van der Waals surface area contributed by atoms with Crippen LogP contribution in [0.25, 0.3) is 0 Å². The van der Waals surface area contributed by atoms with Crippen LogP contribution in [0.4, 0.5) is 0 Å². The second kappa shape index (κ2) is 8.38. The maximum atomic E-state index is 6.10. The van der Waals surface area contributed by atoms with Crippen LogP contribution in [0.15, 0.2) is 18.2 Å². The molecule has 1 aromatic carbocycles. The molecule has 0 spiro atoms. The van der Waals surface area contributed by atoms with Crippen LogP contribution in [-0.2, 0) is 6.42 Å². The molecule has 0 saturated heterocycles. The predicted octanol–water partition coefficient (Wildman–Crippen LogP) is 5.88. The van der Waals surface area contributed by atoms with Gasteiger partial charge in [-0.15, -0.1) is 0 Å². The number of hydrogen-bond acceptors (Lipinski definition) is 0. The molecule has 0 aromatic heterocycles. The van der Waals surface area contributed by atoms with E-state index < -0.39 is 0 Å². The lowest BCUT2D eigenvalue weighted by atomic mass is 10.1. The van der Waals surface area contributed by atoms with Gasteiger partial charge in [-0.25, -0.2) is 0 Å². The van der Waals surface area contributed by atoms with Gasteiger partial charge >= 0.3 is 0 Å². The summed E-state index contributed by atoms with van der Waals surface area (Å²) in [6.07, 6.45) is 7.47. The van der Waals surface area contributed by atoms with Gasteiger partial charge in [0.05, 0.1) is 0 Å². The van der Waals surface area contributed by atoms with Crippen LogP contribution in [0.2, 0.25) is 10.0 Å². The van der Waals surface area contributed by atoms with Gasteiger partial charge in [0.1, 0.15) is 0 Å². The Kier molecular flexibility index (Phi) is 7.51. The van der Waals surface area contributed by atoms with Gasteiger partial charge in [0.15, 0.2) is 0 Å². The predicted molar refractivity (Wildman–Crippen MR) is 77.0 cm³/mol. The van der Waals surface area contributed by atoms with Crippen molar-refractivity contribution in [3.05, 3.63) is 33.8 Å². The van der Waals surface area contributed by atoms with Crippen LogP contribution >= 0.6 is 39.1 Å². The second-order valence-corrected chi connectivity index (χ2v) is 5.58. The lowest BCUT2D eigenvalue weighted by molar-refractivity contribution is 0.635. The van der Waals surface area contributed by atoms with Crippen molar-refractivity contribution in [2.24, 2.45) is 0 Å². The van der Waals surface area contributed by atoms with Crippen molar-refractivity contribution < 1.29 is 0 Å². The van der Waals surface area contributed by atoms with Crippen molar-refractivity contribution in [2.45, 2.75) is 38.5 Å². The van der Waals surface area contributed by atoms with E-state index >= 15 is 0 Å². The Labute approximate surface area is 116 Å². The largest absolute Gasteiger partial charge is 0.0928 e. The van der Waals surface area contributed by atoms with Gasteiger partial charge in [-0.1, -0.05) is 64.5 Å². The molecule has 0 heterocycles. The highest BCUT2D eigenvalue weighted by Crippen LogP contribution is 2.22. The van der Waals surface area contributed by atoms with Gasteiger partial charge in [-0.2, -0.15) is 0 Å². The minimum Gasteiger partial charge on any atom is -0.0928 e. The van der Waals surface area contributed by atoms with E-state index in [9.17, 15) is 0 Å². The fourth-order valence-corrected chi connectivity index (χ4v) is 2.56. The Morgan fingerprint density at radius 3 is 2.31 bits per heavy atom. The van der Waals surface area contributed by atoms with E-state index in [1.54, 1.807) is 0 Å². The smallest absolute Gasteiger partial charge is 0.0452 e. The maximum absolute atomic E-state index is 6.10. The summed E-state index contributed by atoms with van der Waals surface area (Å²) >= 11 is 15.4. The van der Waals surface area contributed by atoms with Crippen molar-refractivity contribution >= 4 is 39.1 Å². The van der Waals surface area contributed by atoms with Crippen molar-refractivity contribution in [1.29, 1.82) is 0 Å². The molecule has 0 aliphatic rings. The molecular weight excluding hydrogens is 307 g/mol. The fourth-order valence-electron chi connectivity index (χ4n) is 1.66. The van der Waals surface area contributed by atoms with E-state index in [0.29, 0.717) is 5.02 Å². The number of halogens is 3. The first-order chi connectivity index (χ1) is 7.74. The zero-order valence-electron chi connectivity index (χ0n) is 9.32. The molecule has 0 atom stereocenters. The summed E-state index contributed by atoms with van der Waals surface area (Å²) in [5.41, 5.74) is 1.21. The van der Waals surface area contributed by atoms with Crippen LogP contribution in [-0.4, -0.2) is 5.33 Å². The van der Waals surface area contributed by atoms with E-state index in [4.69, 9.17) is 23.2 Å². The van der Waals surface area contributed by atoms with Crippen LogP contribution < -0.4 is 0 Å². The first kappa shape index (κ1) is 14.3. The third-order valence-corrected chi connectivity index (χ3v) is 3.74. The molecular formula is C13H17BrCl2. The molecule has 0 bridgehead atoms. The van der Waals surface area contributed by atoms with E-state index in [2.05, 4.69) is 15.9 Å². The summed E-state index contributed by atoms with van der Waals surface area (Å²) in [5.74, 6) is 0. The highest BCUT2D eigenvalue weighted by Gasteiger charge is 2.00. The van der Waals surface area contributed by atoms with Crippen molar-refractivity contribution in [2.75, 3.05) is 5.33 Å². The highest BCUT2D eigenvalue weighted by molar-refractivity contribution is 9.09. The molecule has 90 valence electrons. The standard InChI is InChI=1S/C13H17BrCl2/c14-9-5-3-1-2-4-6-11-7-8-12(15)10-13(11)16/h7-8,10H,1-6,9H2. The minimum absolute atomic E-state index is 0.714.